The van der Waals surface area contributed by atoms with E-state index >= 15 is 0 Å². The Labute approximate surface area is 155 Å². The topological polar surface area (TPSA) is 21.8 Å². The molecule has 3 aromatic rings. The highest BCUT2D eigenvalue weighted by Crippen LogP contribution is 2.41. The van der Waals surface area contributed by atoms with Crippen molar-refractivity contribution >= 4 is 0 Å². The lowest BCUT2D eigenvalue weighted by atomic mass is 9.80. The fourth-order valence-corrected chi connectivity index (χ4v) is 3.66. The van der Waals surface area contributed by atoms with Crippen LogP contribution in [0.25, 0.3) is 0 Å². The van der Waals surface area contributed by atoms with Gasteiger partial charge in [0.2, 0.25) is 0 Å². The molecular formula is C24H24O2. The molecule has 0 N–H and O–H groups in total. The third-order valence-corrected chi connectivity index (χ3v) is 5.10. The van der Waals surface area contributed by atoms with Crippen LogP contribution in [-0.4, -0.2) is 18.8 Å². The molecule has 1 saturated heterocycles. The first-order valence-electron chi connectivity index (χ1n) is 9.30. The number of benzene rings is 3. The van der Waals surface area contributed by atoms with Crippen LogP contribution in [-0.2, 0) is 15.1 Å². The van der Waals surface area contributed by atoms with E-state index < -0.39 is 5.60 Å². The molecule has 2 nitrogen and oxygen atoms in total. The van der Waals surface area contributed by atoms with E-state index in [1.807, 2.05) is 18.2 Å². The van der Waals surface area contributed by atoms with Gasteiger partial charge in [-0.15, -0.1) is 0 Å². The van der Waals surface area contributed by atoms with Crippen LogP contribution in [0.2, 0.25) is 0 Å². The fourth-order valence-electron chi connectivity index (χ4n) is 3.66. The van der Waals surface area contributed by atoms with Gasteiger partial charge >= 0.3 is 0 Å². The molecule has 0 bridgehead atoms. The molecule has 132 valence electrons. The van der Waals surface area contributed by atoms with E-state index in [4.69, 9.17) is 9.47 Å². The predicted octanol–water partition coefficient (Wildman–Crippen LogP) is 5.17. The standard InChI is InChI=1S/C24H24O2/c1-2-22-23(26-22)18-25-24(19-12-6-3-7-13-19,20-14-8-4-9-15-20)21-16-10-5-11-17-21/h3-17,22-23H,2,18H2,1H3/t22-,23+/m0/s1. The van der Waals surface area contributed by atoms with Gasteiger partial charge in [-0.2, -0.15) is 0 Å². The molecule has 0 radical (unpaired) electrons. The summed E-state index contributed by atoms with van der Waals surface area (Å²) in [5.41, 5.74) is 2.75. The number of epoxide rings is 1. The maximum atomic E-state index is 6.72. The molecule has 0 aromatic heterocycles. The molecule has 0 saturated carbocycles. The molecule has 0 aliphatic carbocycles. The normalized spacial score (nSPS) is 19.3. The van der Waals surface area contributed by atoms with E-state index in [1.54, 1.807) is 0 Å². The summed E-state index contributed by atoms with van der Waals surface area (Å²) >= 11 is 0. The summed E-state index contributed by atoms with van der Waals surface area (Å²) in [7, 11) is 0. The van der Waals surface area contributed by atoms with Gasteiger partial charge in [-0.25, -0.2) is 0 Å². The number of ether oxygens (including phenoxy) is 2. The zero-order chi connectivity index (χ0) is 17.8. The summed E-state index contributed by atoms with van der Waals surface area (Å²) in [4.78, 5) is 0. The van der Waals surface area contributed by atoms with E-state index in [0.717, 1.165) is 23.1 Å². The Morgan fingerprint density at radius 1 is 0.692 bits per heavy atom. The summed E-state index contributed by atoms with van der Waals surface area (Å²) < 4.78 is 12.5. The van der Waals surface area contributed by atoms with E-state index in [-0.39, 0.29) is 6.10 Å². The minimum Gasteiger partial charge on any atom is -0.367 e. The van der Waals surface area contributed by atoms with E-state index in [1.165, 1.54) is 0 Å². The van der Waals surface area contributed by atoms with Crippen LogP contribution in [0.3, 0.4) is 0 Å². The zero-order valence-electron chi connectivity index (χ0n) is 15.0. The Bertz CT molecular complexity index is 718. The average molecular weight is 344 g/mol. The predicted molar refractivity (Wildman–Crippen MR) is 104 cm³/mol. The molecule has 2 atom stereocenters. The van der Waals surface area contributed by atoms with E-state index in [0.29, 0.717) is 12.7 Å². The number of rotatable bonds is 7. The summed E-state index contributed by atoms with van der Waals surface area (Å²) in [6.45, 7) is 2.74. The smallest absolute Gasteiger partial charge is 0.143 e. The molecular weight excluding hydrogens is 320 g/mol. The Kier molecular flexibility index (Phi) is 4.87. The lowest BCUT2D eigenvalue weighted by Gasteiger charge is -2.35. The Hall–Kier alpha value is -2.42. The zero-order valence-corrected chi connectivity index (χ0v) is 15.0. The Morgan fingerprint density at radius 3 is 1.46 bits per heavy atom. The van der Waals surface area contributed by atoms with Crippen molar-refractivity contribution in [1.29, 1.82) is 0 Å². The second-order valence-electron chi connectivity index (χ2n) is 6.71. The van der Waals surface area contributed by atoms with Crippen molar-refractivity contribution in [2.24, 2.45) is 0 Å². The first kappa shape index (κ1) is 17.0. The van der Waals surface area contributed by atoms with Crippen molar-refractivity contribution in [3.8, 4) is 0 Å². The number of hydrogen-bond acceptors (Lipinski definition) is 2. The van der Waals surface area contributed by atoms with Crippen LogP contribution in [0.5, 0.6) is 0 Å². The SMILES string of the molecule is CC[C@@H]1O[C@@H]1COC(c1ccccc1)(c1ccccc1)c1ccccc1. The molecule has 4 rings (SSSR count). The van der Waals surface area contributed by atoms with Crippen LogP contribution in [0, 0.1) is 0 Å². The first-order valence-corrected chi connectivity index (χ1v) is 9.30. The lowest BCUT2D eigenvalue weighted by Crippen LogP contribution is -2.34. The minimum absolute atomic E-state index is 0.190. The van der Waals surface area contributed by atoms with Gasteiger partial charge in [0.15, 0.2) is 0 Å². The van der Waals surface area contributed by atoms with Gasteiger partial charge < -0.3 is 9.47 Å². The maximum absolute atomic E-state index is 6.72. The second-order valence-corrected chi connectivity index (χ2v) is 6.71. The van der Waals surface area contributed by atoms with Crippen molar-refractivity contribution in [3.05, 3.63) is 108 Å². The largest absolute Gasteiger partial charge is 0.367 e. The van der Waals surface area contributed by atoms with Crippen LogP contribution in [0.15, 0.2) is 91.0 Å². The van der Waals surface area contributed by atoms with Crippen molar-refractivity contribution in [2.45, 2.75) is 31.2 Å². The van der Waals surface area contributed by atoms with Crippen LogP contribution in [0.4, 0.5) is 0 Å². The van der Waals surface area contributed by atoms with Crippen LogP contribution >= 0.6 is 0 Å². The quantitative estimate of drug-likeness (QED) is 0.435. The molecule has 1 fully saturated rings. The van der Waals surface area contributed by atoms with Crippen LogP contribution < -0.4 is 0 Å². The highest BCUT2D eigenvalue weighted by Gasteiger charge is 2.43. The highest BCUT2D eigenvalue weighted by atomic mass is 16.6. The lowest BCUT2D eigenvalue weighted by molar-refractivity contribution is 0.00427. The molecule has 0 spiro atoms. The van der Waals surface area contributed by atoms with E-state index in [2.05, 4.69) is 79.7 Å². The Balaban J connectivity index is 1.83. The summed E-state index contributed by atoms with van der Waals surface area (Å²) in [6.07, 6.45) is 1.55. The Morgan fingerprint density at radius 2 is 1.12 bits per heavy atom. The molecule has 1 heterocycles. The minimum atomic E-state index is -0.645. The third kappa shape index (κ3) is 3.18. The summed E-state index contributed by atoms with van der Waals surface area (Å²) in [5, 5.41) is 0. The summed E-state index contributed by atoms with van der Waals surface area (Å²) in [6, 6.07) is 31.4. The van der Waals surface area contributed by atoms with Gasteiger partial charge in [0.25, 0.3) is 0 Å². The second kappa shape index (κ2) is 7.45. The molecule has 1 aliphatic heterocycles. The maximum Gasteiger partial charge on any atom is 0.143 e. The molecule has 2 heteroatoms. The first-order chi connectivity index (χ1) is 12.8. The van der Waals surface area contributed by atoms with Gasteiger partial charge in [-0.1, -0.05) is 97.9 Å². The van der Waals surface area contributed by atoms with Gasteiger partial charge in [-0.05, 0) is 23.1 Å². The van der Waals surface area contributed by atoms with Gasteiger partial charge in [0, 0.05) is 0 Å². The van der Waals surface area contributed by atoms with Gasteiger partial charge in [-0.3, -0.25) is 0 Å². The molecule has 1 aliphatic rings. The fraction of sp³-hybridized carbons (Fsp3) is 0.250. The average Bonchev–Trinajstić information content (AvgIpc) is 3.50. The van der Waals surface area contributed by atoms with Crippen LogP contribution in [0.1, 0.15) is 30.0 Å². The van der Waals surface area contributed by atoms with Crippen molar-refractivity contribution in [3.63, 3.8) is 0 Å². The van der Waals surface area contributed by atoms with Crippen molar-refractivity contribution in [2.75, 3.05) is 6.61 Å². The summed E-state index contributed by atoms with van der Waals surface area (Å²) in [5.74, 6) is 0. The van der Waals surface area contributed by atoms with E-state index in [9.17, 15) is 0 Å². The van der Waals surface area contributed by atoms with Gasteiger partial charge in [0.1, 0.15) is 11.7 Å². The van der Waals surface area contributed by atoms with Crippen molar-refractivity contribution in [1.82, 2.24) is 0 Å². The molecule has 3 aromatic carbocycles. The number of hydrogen-bond donors (Lipinski definition) is 0. The molecule has 26 heavy (non-hydrogen) atoms. The molecule has 0 unspecified atom stereocenters. The van der Waals surface area contributed by atoms with Crippen molar-refractivity contribution < 1.29 is 9.47 Å². The molecule has 0 amide bonds. The van der Waals surface area contributed by atoms with Gasteiger partial charge in [0.05, 0.1) is 12.7 Å². The third-order valence-electron chi connectivity index (χ3n) is 5.10. The monoisotopic (exact) mass is 344 g/mol. The highest BCUT2D eigenvalue weighted by molar-refractivity contribution is 5.47.